The van der Waals surface area contributed by atoms with Crippen molar-refractivity contribution in [2.75, 3.05) is 13.2 Å². The van der Waals surface area contributed by atoms with Crippen LogP contribution in [0.15, 0.2) is 0 Å². The first-order valence-corrected chi connectivity index (χ1v) is 7.02. The standard InChI is InChI=1S/C14H28N2O2/c1-5-16(12-8-6-11(15)7-9-12)13(17)10-18-14(2,3)4/h11-12H,5-10,15H2,1-4H3. The van der Waals surface area contributed by atoms with E-state index in [2.05, 4.69) is 0 Å². The van der Waals surface area contributed by atoms with E-state index in [1.807, 2.05) is 32.6 Å². The molecule has 0 bridgehead atoms. The molecule has 0 saturated heterocycles. The molecule has 1 saturated carbocycles. The Kier molecular flexibility index (Phi) is 5.60. The predicted octanol–water partition coefficient (Wildman–Crippen LogP) is 1.92. The molecule has 1 aliphatic carbocycles. The molecule has 0 unspecified atom stereocenters. The Morgan fingerprint density at radius 3 is 2.28 bits per heavy atom. The van der Waals surface area contributed by atoms with Gasteiger partial charge < -0.3 is 15.4 Å². The number of nitrogens with zero attached hydrogens (tertiary/aromatic N) is 1. The van der Waals surface area contributed by atoms with Crippen LogP contribution in [-0.2, 0) is 9.53 Å². The summed E-state index contributed by atoms with van der Waals surface area (Å²) >= 11 is 0. The van der Waals surface area contributed by atoms with E-state index in [0.717, 1.165) is 32.2 Å². The number of hydrogen-bond acceptors (Lipinski definition) is 3. The molecule has 0 heterocycles. The molecular weight excluding hydrogens is 228 g/mol. The molecule has 0 aromatic carbocycles. The molecule has 0 radical (unpaired) electrons. The summed E-state index contributed by atoms with van der Waals surface area (Å²) in [4.78, 5) is 14.1. The second-order valence-electron chi connectivity index (χ2n) is 6.15. The Labute approximate surface area is 111 Å². The zero-order chi connectivity index (χ0) is 13.8. The van der Waals surface area contributed by atoms with E-state index in [4.69, 9.17) is 10.5 Å². The largest absolute Gasteiger partial charge is 0.366 e. The van der Waals surface area contributed by atoms with Gasteiger partial charge in [-0.25, -0.2) is 0 Å². The molecule has 2 N–H and O–H groups in total. The monoisotopic (exact) mass is 256 g/mol. The van der Waals surface area contributed by atoms with Crippen molar-refractivity contribution in [3.05, 3.63) is 0 Å². The summed E-state index contributed by atoms with van der Waals surface area (Å²) in [6, 6.07) is 0.673. The van der Waals surface area contributed by atoms with Crippen LogP contribution in [0, 0.1) is 0 Å². The highest BCUT2D eigenvalue weighted by Crippen LogP contribution is 2.22. The van der Waals surface area contributed by atoms with Gasteiger partial charge in [-0.2, -0.15) is 0 Å². The summed E-state index contributed by atoms with van der Waals surface area (Å²) in [5, 5.41) is 0. The fraction of sp³-hybridized carbons (Fsp3) is 0.929. The van der Waals surface area contributed by atoms with Gasteiger partial charge >= 0.3 is 0 Å². The maximum atomic E-state index is 12.2. The van der Waals surface area contributed by atoms with Gasteiger partial charge in [-0.15, -0.1) is 0 Å². The van der Waals surface area contributed by atoms with Crippen LogP contribution in [0.25, 0.3) is 0 Å². The molecule has 1 rings (SSSR count). The lowest BCUT2D eigenvalue weighted by Crippen LogP contribution is -2.46. The number of nitrogens with two attached hydrogens (primary N) is 1. The van der Waals surface area contributed by atoms with E-state index in [-0.39, 0.29) is 18.1 Å². The Bertz CT molecular complexity index is 265. The van der Waals surface area contributed by atoms with Gasteiger partial charge in [0, 0.05) is 18.6 Å². The number of carbonyl (C=O) groups excluding carboxylic acids is 1. The smallest absolute Gasteiger partial charge is 0.248 e. The van der Waals surface area contributed by atoms with E-state index < -0.39 is 0 Å². The lowest BCUT2D eigenvalue weighted by molar-refractivity contribution is -0.143. The highest BCUT2D eigenvalue weighted by Gasteiger charge is 2.27. The minimum Gasteiger partial charge on any atom is -0.366 e. The van der Waals surface area contributed by atoms with E-state index in [0.29, 0.717) is 12.1 Å². The molecule has 18 heavy (non-hydrogen) atoms. The van der Waals surface area contributed by atoms with Gasteiger partial charge in [0.15, 0.2) is 0 Å². The van der Waals surface area contributed by atoms with E-state index in [9.17, 15) is 4.79 Å². The second kappa shape index (κ2) is 6.53. The lowest BCUT2D eigenvalue weighted by atomic mass is 9.90. The minimum absolute atomic E-state index is 0.105. The molecule has 0 atom stereocenters. The highest BCUT2D eigenvalue weighted by molar-refractivity contribution is 5.77. The van der Waals surface area contributed by atoms with Crippen molar-refractivity contribution in [3.63, 3.8) is 0 Å². The number of ether oxygens (including phenoxy) is 1. The lowest BCUT2D eigenvalue weighted by Gasteiger charge is -2.36. The number of rotatable bonds is 4. The Balaban J connectivity index is 2.47. The van der Waals surface area contributed by atoms with E-state index in [1.54, 1.807) is 0 Å². The summed E-state index contributed by atoms with van der Waals surface area (Å²) in [6.07, 6.45) is 4.09. The van der Waals surface area contributed by atoms with Crippen molar-refractivity contribution >= 4 is 5.91 Å². The summed E-state index contributed by atoms with van der Waals surface area (Å²) in [5.41, 5.74) is 5.64. The van der Waals surface area contributed by atoms with Crippen molar-refractivity contribution in [2.45, 2.75) is 71.1 Å². The van der Waals surface area contributed by atoms with Crippen molar-refractivity contribution in [2.24, 2.45) is 5.73 Å². The van der Waals surface area contributed by atoms with Crippen LogP contribution in [0.2, 0.25) is 0 Å². The van der Waals surface area contributed by atoms with Gasteiger partial charge in [0.1, 0.15) is 6.61 Å². The van der Waals surface area contributed by atoms with Gasteiger partial charge in [-0.1, -0.05) is 0 Å². The second-order valence-corrected chi connectivity index (χ2v) is 6.15. The van der Waals surface area contributed by atoms with Crippen LogP contribution in [0.4, 0.5) is 0 Å². The Hall–Kier alpha value is -0.610. The van der Waals surface area contributed by atoms with Crippen molar-refractivity contribution in [3.8, 4) is 0 Å². The average molecular weight is 256 g/mol. The highest BCUT2D eigenvalue weighted by atomic mass is 16.5. The average Bonchev–Trinajstić information content (AvgIpc) is 2.29. The third-order valence-corrected chi connectivity index (χ3v) is 3.47. The molecule has 0 spiro atoms. The fourth-order valence-corrected chi connectivity index (χ4v) is 2.41. The molecule has 1 amide bonds. The summed E-state index contributed by atoms with van der Waals surface area (Å²) < 4.78 is 5.57. The molecule has 0 aromatic rings. The maximum absolute atomic E-state index is 12.2. The molecule has 1 fully saturated rings. The normalized spacial score (nSPS) is 24.9. The zero-order valence-electron chi connectivity index (χ0n) is 12.2. The van der Waals surface area contributed by atoms with Crippen LogP contribution in [0.3, 0.4) is 0 Å². The Morgan fingerprint density at radius 2 is 1.83 bits per heavy atom. The van der Waals surface area contributed by atoms with Crippen LogP contribution >= 0.6 is 0 Å². The van der Waals surface area contributed by atoms with Crippen molar-refractivity contribution < 1.29 is 9.53 Å². The van der Waals surface area contributed by atoms with Gasteiger partial charge in [0.2, 0.25) is 5.91 Å². The van der Waals surface area contributed by atoms with Gasteiger partial charge in [0.25, 0.3) is 0 Å². The number of carbonyl (C=O) groups is 1. The maximum Gasteiger partial charge on any atom is 0.248 e. The predicted molar refractivity (Wildman–Crippen MR) is 73.3 cm³/mol. The molecule has 1 aliphatic rings. The first-order chi connectivity index (χ1) is 8.33. The molecule has 106 valence electrons. The first kappa shape index (κ1) is 15.4. The van der Waals surface area contributed by atoms with Crippen LogP contribution in [0.5, 0.6) is 0 Å². The fourth-order valence-electron chi connectivity index (χ4n) is 2.41. The topological polar surface area (TPSA) is 55.6 Å². The zero-order valence-corrected chi connectivity index (χ0v) is 12.2. The van der Waals surface area contributed by atoms with Crippen molar-refractivity contribution in [1.82, 2.24) is 4.90 Å². The molecular formula is C14H28N2O2. The van der Waals surface area contributed by atoms with Crippen molar-refractivity contribution in [1.29, 1.82) is 0 Å². The van der Waals surface area contributed by atoms with Crippen LogP contribution < -0.4 is 5.73 Å². The van der Waals surface area contributed by atoms with Gasteiger partial charge in [-0.05, 0) is 53.4 Å². The summed E-state index contributed by atoms with van der Waals surface area (Å²) in [5.74, 6) is 0.105. The molecule has 0 aliphatic heterocycles. The Morgan fingerprint density at radius 1 is 1.28 bits per heavy atom. The summed E-state index contributed by atoms with van der Waals surface area (Å²) in [6.45, 7) is 8.87. The van der Waals surface area contributed by atoms with Gasteiger partial charge in [-0.3, -0.25) is 4.79 Å². The molecule has 4 heteroatoms. The van der Waals surface area contributed by atoms with Gasteiger partial charge in [0.05, 0.1) is 5.60 Å². The quantitative estimate of drug-likeness (QED) is 0.836. The minimum atomic E-state index is -0.260. The third-order valence-electron chi connectivity index (χ3n) is 3.47. The molecule has 0 aromatic heterocycles. The molecule has 4 nitrogen and oxygen atoms in total. The van der Waals surface area contributed by atoms with E-state index in [1.165, 1.54) is 0 Å². The number of likely N-dealkylation sites (N-methyl/N-ethyl adjacent to an activating group) is 1. The number of amides is 1. The third kappa shape index (κ3) is 4.94. The SMILES string of the molecule is CCN(C(=O)COC(C)(C)C)C1CCC(N)CC1. The summed E-state index contributed by atoms with van der Waals surface area (Å²) in [7, 11) is 0. The first-order valence-electron chi connectivity index (χ1n) is 7.02. The van der Waals surface area contributed by atoms with E-state index >= 15 is 0 Å². The number of hydrogen-bond donors (Lipinski definition) is 1. The van der Waals surface area contributed by atoms with Crippen LogP contribution in [-0.4, -0.2) is 41.6 Å². The van der Waals surface area contributed by atoms with Crippen LogP contribution in [0.1, 0.15) is 53.4 Å².